The molecule has 3 aromatic carbocycles. The van der Waals surface area contributed by atoms with Crippen molar-refractivity contribution in [2.45, 2.75) is 19.5 Å². The Kier molecular flexibility index (Phi) is 6.66. The second kappa shape index (κ2) is 10.4. The fourth-order valence-corrected chi connectivity index (χ4v) is 4.00. The fraction of sp³-hybridized carbons (Fsp3) is 0.143. The minimum atomic E-state index is -0.368. The Hall–Kier alpha value is -4.59. The van der Waals surface area contributed by atoms with Gasteiger partial charge in [-0.1, -0.05) is 47.6 Å². The fourth-order valence-electron chi connectivity index (χ4n) is 4.00. The lowest BCUT2D eigenvalue weighted by Gasteiger charge is -2.18. The van der Waals surface area contributed by atoms with E-state index in [1.165, 1.54) is 23.5 Å². The molecule has 0 bridgehead atoms. The molecule has 1 N–H and O–H groups in total. The molecule has 0 radical (unpaired) electrons. The number of amides is 1. The molecule has 0 spiro atoms. The van der Waals surface area contributed by atoms with Crippen molar-refractivity contribution in [3.63, 3.8) is 0 Å². The number of nitrogens with zero attached hydrogens (tertiary/aromatic N) is 4. The van der Waals surface area contributed by atoms with E-state index >= 15 is 0 Å². The second-order valence-corrected chi connectivity index (χ2v) is 8.50. The van der Waals surface area contributed by atoms with Crippen LogP contribution in [0.25, 0.3) is 22.0 Å². The third kappa shape index (κ3) is 5.22. The standard InChI is InChI=1S/C28H24FN5O2/c1-34(27(35)15-23-11-12-33-36-23)17-22-13-20(7-9-25(22)29)21-8-10-26-24(14-21)28(32-18-31-26)30-16-19-5-3-2-4-6-19/h2-14,18H,15-17H2,1H3,(H,30,31,32). The number of aromatic nitrogens is 3. The predicted molar refractivity (Wildman–Crippen MR) is 135 cm³/mol. The first-order valence-corrected chi connectivity index (χ1v) is 11.5. The van der Waals surface area contributed by atoms with Crippen LogP contribution in [0.3, 0.4) is 0 Å². The lowest BCUT2D eigenvalue weighted by Crippen LogP contribution is -2.28. The predicted octanol–water partition coefficient (Wildman–Crippen LogP) is 5.24. The molecule has 0 aliphatic rings. The highest BCUT2D eigenvalue weighted by Crippen LogP contribution is 2.29. The molecule has 2 heterocycles. The number of hydrogen-bond acceptors (Lipinski definition) is 6. The van der Waals surface area contributed by atoms with E-state index < -0.39 is 0 Å². The topological polar surface area (TPSA) is 84.2 Å². The van der Waals surface area contributed by atoms with Crippen molar-refractivity contribution in [3.8, 4) is 11.1 Å². The number of halogens is 1. The summed E-state index contributed by atoms with van der Waals surface area (Å²) in [6.07, 6.45) is 3.10. The zero-order valence-corrected chi connectivity index (χ0v) is 19.7. The van der Waals surface area contributed by atoms with Gasteiger partial charge < -0.3 is 14.7 Å². The molecule has 0 aliphatic carbocycles. The third-order valence-electron chi connectivity index (χ3n) is 5.97. The van der Waals surface area contributed by atoms with Gasteiger partial charge >= 0.3 is 0 Å². The van der Waals surface area contributed by atoms with Crippen molar-refractivity contribution in [1.82, 2.24) is 20.0 Å². The molecule has 0 atom stereocenters. The van der Waals surface area contributed by atoms with Crippen LogP contribution in [0.15, 0.2) is 89.8 Å². The number of fused-ring (bicyclic) bond motifs is 1. The molecule has 0 saturated carbocycles. The molecule has 0 aliphatic heterocycles. The summed E-state index contributed by atoms with van der Waals surface area (Å²) in [5, 5.41) is 7.88. The van der Waals surface area contributed by atoms with Crippen molar-refractivity contribution in [3.05, 3.63) is 108 Å². The SMILES string of the molecule is CN(Cc1cc(-c2ccc3ncnc(NCc4ccccc4)c3c2)ccc1F)C(=O)Cc1ccno1. The highest BCUT2D eigenvalue weighted by molar-refractivity contribution is 5.92. The van der Waals surface area contributed by atoms with E-state index in [1.54, 1.807) is 25.2 Å². The molecule has 7 nitrogen and oxygen atoms in total. The normalized spacial score (nSPS) is 10.9. The maximum atomic E-state index is 14.7. The van der Waals surface area contributed by atoms with Gasteiger partial charge in [-0.25, -0.2) is 14.4 Å². The molecule has 36 heavy (non-hydrogen) atoms. The second-order valence-electron chi connectivity index (χ2n) is 8.50. The molecular formula is C28H24FN5O2. The molecule has 180 valence electrons. The number of carbonyl (C=O) groups excluding carboxylic acids is 1. The van der Waals surface area contributed by atoms with Crippen molar-refractivity contribution in [2.75, 3.05) is 12.4 Å². The molecule has 8 heteroatoms. The van der Waals surface area contributed by atoms with Crippen LogP contribution in [-0.2, 0) is 24.3 Å². The summed E-state index contributed by atoms with van der Waals surface area (Å²) in [7, 11) is 1.64. The zero-order chi connectivity index (χ0) is 24.9. The highest BCUT2D eigenvalue weighted by atomic mass is 19.1. The van der Waals surface area contributed by atoms with Gasteiger partial charge in [0.1, 0.15) is 23.7 Å². The number of carbonyl (C=O) groups is 1. The van der Waals surface area contributed by atoms with E-state index in [0.717, 1.165) is 33.4 Å². The summed E-state index contributed by atoms with van der Waals surface area (Å²) in [6, 6.07) is 22.5. The molecule has 5 rings (SSSR count). The van der Waals surface area contributed by atoms with E-state index in [0.29, 0.717) is 17.9 Å². The van der Waals surface area contributed by atoms with Crippen molar-refractivity contribution < 1.29 is 13.7 Å². The highest BCUT2D eigenvalue weighted by Gasteiger charge is 2.15. The Bertz CT molecular complexity index is 1490. The van der Waals surface area contributed by atoms with Gasteiger partial charge in [0.05, 0.1) is 18.1 Å². The lowest BCUT2D eigenvalue weighted by molar-refractivity contribution is -0.130. The Balaban J connectivity index is 1.38. The molecular weight excluding hydrogens is 457 g/mol. The monoisotopic (exact) mass is 481 g/mol. The van der Waals surface area contributed by atoms with Gasteiger partial charge in [-0.2, -0.15) is 0 Å². The number of anilines is 1. The Labute approximate surface area is 207 Å². The maximum Gasteiger partial charge on any atom is 0.230 e. The largest absolute Gasteiger partial charge is 0.365 e. The van der Waals surface area contributed by atoms with E-state index in [-0.39, 0.29) is 24.7 Å². The van der Waals surface area contributed by atoms with Crippen LogP contribution in [-0.4, -0.2) is 33.0 Å². The molecule has 0 fully saturated rings. The van der Waals surface area contributed by atoms with E-state index in [2.05, 4.69) is 32.6 Å². The van der Waals surface area contributed by atoms with E-state index in [9.17, 15) is 9.18 Å². The summed E-state index contributed by atoms with van der Waals surface area (Å²) in [4.78, 5) is 22.8. The molecule has 0 unspecified atom stereocenters. The van der Waals surface area contributed by atoms with Gasteiger partial charge in [-0.05, 0) is 41.0 Å². The Morgan fingerprint density at radius 2 is 1.81 bits per heavy atom. The zero-order valence-electron chi connectivity index (χ0n) is 19.7. The minimum Gasteiger partial charge on any atom is -0.365 e. The van der Waals surface area contributed by atoms with Crippen molar-refractivity contribution in [1.29, 1.82) is 0 Å². The number of rotatable bonds is 8. The first kappa shape index (κ1) is 23.2. The van der Waals surface area contributed by atoms with Gasteiger partial charge in [0, 0.05) is 37.2 Å². The Morgan fingerprint density at radius 3 is 2.61 bits per heavy atom. The number of nitrogens with one attached hydrogen (secondary N) is 1. The average molecular weight is 482 g/mol. The molecule has 5 aromatic rings. The Morgan fingerprint density at radius 1 is 1.00 bits per heavy atom. The van der Waals surface area contributed by atoms with Crippen LogP contribution in [0, 0.1) is 5.82 Å². The summed E-state index contributed by atoms with van der Waals surface area (Å²) in [5.74, 6) is 0.642. The van der Waals surface area contributed by atoms with Crippen LogP contribution in [0.1, 0.15) is 16.9 Å². The summed E-state index contributed by atoms with van der Waals surface area (Å²) in [6.45, 7) is 0.763. The van der Waals surface area contributed by atoms with Crippen molar-refractivity contribution >= 4 is 22.6 Å². The van der Waals surface area contributed by atoms with Crippen LogP contribution in [0.2, 0.25) is 0 Å². The summed E-state index contributed by atoms with van der Waals surface area (Å²) >= 11 is 0. The van der Waals surface area contributed by atoms with Gasteiger partial charge in [0.25, 0.3) is 0 Å². The van der Waals surface area contributed by atoms with Gasteiger partial charge in [-0.3, -0.25) is 4.79 Å². The maximum absolute atomic E-state index is 14.7. The lowest BCUT2D eigenvalue weighted by atomic mass is 10.0. The third-order valence-corrected chi connectivity index (χ3v) is 5.97. The smallest absolute Gasteiger partial charge is 0.230 e. The van der Waals surface area contributed by atoms with Gasteiger partial charge in [-0.15, -0.1) is 0 Å². The molecule has 1 amide bonds. The van der Waals surface area contributed by atoms with Crippen molar-refractivity contribution in [2.24, 2.45) is 0 Å². The van der Waals surface area contributed by atoms with Crippen LogP contribution in [0.5, 0.6) is 0 Å². The van der Waals surface area contributed by atoms with Gasteiger partial charge in [0.2, 0.25) is 5.91 Å². The summed E-state index contributed by atoms with van der Waals surface area (Å²) < 4.78 is 19.7. The van der Waals surface area contributed by atoms with E-state index in [1.807, 2.05) is 36.4 Å². The van der Waals surface area contributed by atoms with Crippen LogP contribution >= 0.6 is 0 Å². The quantitative estimate of drug-likeness (QED) is 0.326. The van der Waals surface area contributed by atoms with Gasteiger partial charge in [0.15, 0.2) is 0 Å². The number of likely N-dealkylation sites (N-methyl/N-ethyl adjacent to an activating group) is 1. The summed E-state index contributed by atoms with van der Waals surface area (Å²) in [5.41, 5.74) is 4.11. The van der Waals surface area contributed by atoms with Crippen LogP contribution < -0.4 is 5.32 Å². The minimum absolute atomic E-state index is 0.0707. The number of benzene rings is 3. The average Bonchev–Trinajstić information content (AvgIpc) is 3.42. The van der Waals surface area contributed by atoms with Crippen LogP contribution in [0.4, 0.5) is 10.2 Å². The first-order chi connectivity index (χ1) is 17.6. The molecule has 0 saturated heterocycles. The van der Waals surface area contributed by atoms with E-state index in [4.69, 9.17) is 4.52 Å². The first-order valence-electron chi connectivity index (χ1n) is 11.5. The number of hydrogen-bond donors (Lipinski definition) is 1. The molecule has 2 aromatic heterocycles.